The Kier molecular flexibility index (Phi) is 8.03. The number of benzene rings is 2. The van der Waals surface area contributed by atoms with E-state index in [4.69, 9.17) is 18.5 Å². The van der Waals surface area contributed by atoms with E-state index in [0.29, 0.717) is 48.8 Å². The van der Waals surface area contributed by atoms with Crippen LogP contribution >= 0.6 is 0 Å². The highest BCUT2D eigenvalue weighted by Crippen LogP contribution is 2.31. The maximum absolute atomic E-state index is 13.2. The van der Waals surface area contributed by atoms with Crippen molar-refractivity contribution in [2.24, 2.45) is 0 Å². The van der Waals surface area contributed by atoms with Crippen molar-refractivity contribution in [1.29, 1.82) is 0 Å². The second-order valence-electron chi connectivity index (χ2n) is 8.98. The lowest BCUT2D eigenvalue weighted by atomic mass is 10.0. The van der Waals surface area contributed by atoms with Gasteiger partial charge >= 0.3 is 0 Å². The predicted octanol–water partition coefficient (Wildman–Crippen LogP) is 4.67. The minimum absolute atomic E-state index is 0.0364. The molecule has 1 unspecified atom stereocenters. The van der Waals surface area contributed by atoms with Gasteiger partial charge in [-0.3, -0.25) is 4.79 Å². The number of likely N-dealkylation sites (tertiary alicyclic amines) is 1. The molecule has 198 valence electrons. The Morgan fingerprint density at radius 1 is 1.03 bits per heavy atom. The summed E-state index contributed by atoms with van der Waals surface area (Å²) in [5.41, 5.74) is 1.56. The van der Waals surface area contributed by atoms with E-state index in [9.17, 15) is 9.18 Å². The summed E-state index contributed by atoms with van der Waals surface area (Å²) in [7, 11) is 1.58. The van der Waals surface area contributed by atoms with Crippen LogP contribution in [0.4, 0.5) is 4.39 Å². The van der Waals surface area contributed by atoms with Crippen LogP contribution in [0.1, 0.15) is 54.9 Å². The van der Waals surface area contributed by atoms with Crippen molar-refractivity contribution in [2.75, 3.05) is 13.7 Å². The molecular formula is C27H28FN5O5. The van der Waals surface area contributed by atoms with Gasteiger partial charge in [0.25, 0.3) is 5.89 Å². The van der Waals surface area contributed by atoms with Crippen LogP contribution in [-0.4, -0.2) is 44.7 Å². The number of para-hydroxylation sites is 1. The molecule has 1 aliphatic heterocycles. The van der Waals surface area contributed by atoms with Gasteiger partial charge in [-0.25, -0.2) is 4.39 Å². The van der Waals surface area contributed by atoms with E-state index in [1.54, 1.807) is 24.1 Å². The number of methoxy groups -OCH3 is 1. The number of hydrogen-bond acceptors (Lipinski definition) is 9. The molecule has 11 heteroatoms. The molecule has 0 saturated carbocycles. The van der Waals surface area contributed by atoms with Gasteiger partial charge in [0.15, 0.2) is 5.82 Å². The van der Waals surface area contributed by atoms with Gasteiger partial charge in [0.2, 0.25) is 17.6 Å². The molecule has 1 saturated heterocycles. The summed E-state index contributed by atoms with van der Waals surface area (Å²) < 4.78 is 34.8. The molecule has 1 fully saturated rings. The number of aryl methyl sites for hydroxylation is 1. The number of carbonyl (C=O) groups is 1. The topological polar surface area (TPSA) is 117 Å². The molecule has 1 atom stereocenters. The van der Waals surface area contributed by atoms with E-state index in [1.165, 1.54) is 12.1 Å². The zero-order valence-electron chi connectivity index (χ0n) is 21.0. The second kappa shape index (κ2) is 12.0. The Balaban J connectivity index is 1.17. The second-order valence-corrected chi connectivity index (χ2v) is 8.98. The maximum Gasteiger partial charge on any atom is 0.252 e. The molecular weight excluding hydrogens is 493 g/mol. The Morgan fingerprint density at radius 3 is 2.68 bits per heavy atom. The van der Waals surface area contributed by atoms with Crippen molar-refractivity contribution in [3.05, 3.63) is 77.5 Å². The van der Waals surface area contributed by atoms with E-state index < -0.39 is 0 Å². The third-order valence-electron chi connectivity index (χ3n) is 6.38. The van der Waals surface area contributed by atoms with Crippen LogP contribution in [0.5, 0.6) is 5.75 Å². The van der Waals surface area contributed by atoms with Crippen LogP contribution in [0.15, 0.2) is 57.6 Å². The normalized spacial score (nSPS) is 15.5. The Bertz CT molecular complexity index is 1360. The summed E-state index contributed by atoms with van der Waals surface area (Å²) in [6, 6.07) is 13.2. The largest absolute Gasteiger partial charge is 0.496 e. The quantitative estimate of drug-likeness (QED) is 0.293. The highest BCUT2D eigenvalue weighted by atomic mass is 19.1. The van der Waals surface area contributed by atoms with E-state index in [-0.39, 0.29) is 30.8 Å². The minimum atomic E-state index is -0.295. The van der Waals surface area contributed by atoms with Crippen molar-refractivity contribution in [3.63, 3.8) is 0 Å². The zero-order valence-corrected chi connectivity index (χ0v) is 21.0. The van der Waals surface area contributed by atoms with Crippen LogP contribution < -0.4 is 4.74 Å². The fraction of sp³-hybridized carbons (Fsp3) is 0.370. The average molecular weight is 522 g/mol. The van der Waals surface area contributed by atoms with Crippen LogP contribution in [0, 0.1) is 5.82 Å². The molecule has 38 heavy (non-hydrogen) atoms. The Morgan fingerprint density at radius 2 is 1.84 bits per heavy atom. The van der Waals surface area contributed by atoms with Gasteiger partial charge < -0.3 is 23.4 Å². The molecule has 2 aromatic heterocycles. The number of aromatic nitrogens is 4. The van der Waals surface area contributed by atoms with Crippen LogP contribution in [0.2, 0.25) is 0 Å². The molecule has 3 heterocycles. The summed E-state index contributed by atoms with van der Waals surface area (Å²) in [5.74, 6) is 1.91. The van der Waals surface area contributed by atoms with Crippen molar-refractivity contribution in [3.8, 4) is 17.1 Å². The van der Waals surface area contributed by atoms with Gasteiger partial charge in [-0.05, 0) is 49.1 Å². The van der Waals surface area contributed by atoms with Gasteiger partial charge in [-0.1, -0.05) is 34.6 Å². The number of amides is 1. The first-order valence-electron chi connectivity index (χ1n) is 12.5. The van der Waals surface area contributed by atoms with Crippen molar-refractivity contribution >= 4 is 5.91 Å². The van der Waals surface area contributed by atoms with Gasteiger partial charge in [0.05, 0.1) is 25.3 Å². The summed E-state index contributed by atoms with van der Waals surface area (Å²) in [4.78, 5) is 23.9. The predicted molar refractivity (Wildman–Crippen MR) is 132 cm³/mol. The number of ether oxygens (including phenoxy) is 2. The Labute approximate surface area is 218 Å². The van der Waals surface area contributed by atoms with Crippen LogP contribution in [0.25, 0.3) is 11.4 Å². The maximum atomic E-state index is 13.2. The number of hydrogen-bond donors (Lipinski definition) is 0. The molecule has 0 radical (unpaired) electrons. The highest BCUT2D eigenvalue weighted by Gasteiger charge is 2.31. The first-order chi connectivity index (χ1) is 18.6. The van der Waals surface area contributed by atoms with Crippen molar-refractivity contribution in [2.45, 2.75) is 51.4 Å². The fourth-order valence-electron chi connectivity index (χ4n) is 4.45. The van der Waals surface area contributed by atoms with Gasteiger partial charge in [0.1, 0.15) is 18.2 Å². The first-order valence-corrected chi connectivity index (χ1v) is 12.5. The summed E-state index contributed by atoms with van der Waals surface area (Å²) in [5, 5.41) is 8.17. The smallest absolute Gasteiger partial charge is 0.252 e. The summed E-state index contributed by atoms with van der Waals surface area (Å²) >= 11 is 0. The summed E-state index contributed by atoms with van der Waals surface area (Å²) in [6.07, 6.45) is 3.16. The van der Waals surface area contributed by atoms with E-state index in [0.717, 1.165) is 30.4 Å². The molecule has 0 spiro atoms. The van der Waals surface area contributed by atoms with E-state index in [1.807, 2.05) is 24.3 Å². The molecule has 10 nitrogen and oxygen atoms in total. The summed E-state index contributed by atoms with van der Waals surface area (Å²) in [6.45, 7) is 1.03. The molecule has 1 amide bonds. The monoisotopic (exact) mass is 521 g/mol. The average Bonchev–Trinajstić information content (AvgIpc) is 3.63. The van der Waals surface area contributed by atoms with Crippen molar-refractivity contribution in [1.82, 2.24) is 25.2 Å². The molecule has 0 bridgehead atoms. The lowest BCUT2D eigenvalue weighted by molar-refractivity contribution is -0.135. The first kappa shape index (κ1) is 25.5. The SMILES string of the molecule is COc1ccccc1-c1noc(CCC(=O)N2CCCCC2c2noc(COCc3ccc(F)cc3)n2)n1. The van der Waals surface area contributed by atoms with E-state index >= 15 is 0 Å². The van der Waals surface area contributed by atoms with E-state index in [2.05, 4.69) is 20.3 Å². The van der Waals surface area contributed by atoms with Gasteiger partial charge in [0, 0.05) is 19.4 Å². The molecule has 1 aliphatic rings. The van der Waals surface area contributed by atoms with Gasteiger partial charge in [-0.15, -0.1) is 0 Å². The standard InChI is InChI=1S/C27H28FN5O5/c1-35-22-8-3-2-6-20(22)26-29-23(37-31-26)13-14-25(34)33-15-5-4-7-21(33)27-30-24(38-32-27)17-36-16-18-9-11-19(28)12-10-18/h2-3,6,8-12,21H,4-5,7,13-17H2,1H3. The molecule has 0 aliphatic carbocycles. The number of carbonyl (C=O) groups excluding carboxylic acids is 1. The Hall–Kier alpha value is -4.12. The number of rotatable bonds is 10. The molecule has 5 rings (SSSR count). The third kappa shape index (κ3) is 6.05. The minimum Gasteiger partial charge on any atom is -0.496 e. The number of nitrogens with zero attached hydrogens (tertiary/aromatic N) is 5. The molecule has 0 N–H and O–H groups in total. The van der Waals surface area contributed by atoms with Crippen LogP contribution in [0.3, 0.4) is 0 Å². The highest BCUT2D eigenvalue weighted by molar-refractivity contribution is 5.77. The lowest BCUT2D eigenvalue weighted by Crippen LogP contribution is -2.39. The van der Waals surface area contributed by atoms with Crippen molar-refractivity contribution < 1.29 is 27.7 Å². The molecule has 4 aromatic rings. The number of halogens is 1. The zero-order chi connectivity index (χ0) is 26.3. The fourth-order valence-corrected chi connectivity index (χ4v) is 4.45. The molecule has 2 aromatic carbocycles. The lowest BCUT2D eigenvalue weighted by Gasteiger charge is -2.33. The van der Waals surface area contributed by atoms with Gasteiger partial charge in [-0.2, -0.15) is 9.97 Å². The number of piperidine rings is 1. The van der Waals surface area contributed by atoms with Crippen LogP contribution in [-0.2, 0) is 29.2 Å². The third-order valence-corrected chi connectivity index (χ3v) is 6.38.